The number of nitrogen functional groups attached to an aromatic ring is 1. The molecule has 0 unspecified atom stereocenters. The van der Waals surface area contributed by atoms with Gasteiger partial charge in [-0.15, -0.1) is 0 Å². The molecule has 0 spiro atoms. The number of aryl methyl sites for hydroxylation is 1. The highest BCUT2D eigenvalue weighted by Gasteiger charge is 2.15. The van der Waals surface area contributed by atoms with Crippen molar-refractivity contribution in [2.75, 3.05) is 20.0 Å². The number of aromatic nitrogens is 2. The first-order valence-electron chi connectivity index (χ1n) is 5.46. The van der Waals surface area contributed by atoms with Crippen LogP contribution in [0.15, 0.2) is 24.5 Å². The van der Waals surface area contributed by atoms with E-state index >= 15 is 0 Å². The molecular formula is C13H15N3O2. The number of benzene rings is 1. The second kappa shape index (κ2) is 4.91. The monoisotopic (exact) mass is 245 g/mol. The molecule has 2 aromatic rings. The lowest BCUT2D eigenvalue weighted by atomic mass is 10.1. The fourth-order valence-corrected chi connectivity index (χ4v) is 1.80. The molecular weight excluding hydrogens is 230 g/mol. The molecule has 0 radical (unpaired) electrons. The number of hydrogen-bond donors (Lipinski definition) is 1. The van der Waals surface area contributed by atoms with E-state index in [0.29, 0.717) is 23.0 Å². The summed E-state index contributed by atoms with van der Waals surface area (Å²) in [5.41, 5.74) is 8.08. The minimum atomic E-state index is 0.359. The second-order valence-corrected chi connectivity index (χ2v) is 3.87. The molecule has 0 atom stereocenters. The van der Waals surface area contributed by atoms with Crippen LogP contribution in [-0.2, 0) is 0 Å². The van der Waals surface area contributed by atoms with E-state index in [1.165, 1.54) is 6.20 Å². The Labute approximate surface area is 106 Å². The molecule has 0 amide bonds. The zero-order chi connectivity index (χ0) is 13.1. The van der Waals surface area contributed by atoms with E-state index in [4.69, 9.17) is 15.2 Å². The standard InChI is InChI=1S/C13H15N3O2/c1-8-4-10(17-2)13(11(5-8)18-3)9-6-15-7-12(14)16-9/h4-7H,1-3H3,(H2,14,16). The van der Waals surface area contributed by atoms with Crippen LogP contribution < -0.4 is 15.2 Å². The van der Waals surface area contributed by atoms with Gasteiger partial charge in [0.2, 0.25) is 0 Å². The SMILES string of the molecule is COc1cc(C)cc(OC)c1-c1cncc(N)n1. The van der Waals surface area contributed by atoms with Crippen molar-refractivity contribution in [1.82, 2.24) is 9.97 Å². The maximum Gasteiger partial charge on any atom is 0.142 e. The molecule has 1 aromatic heterocycles. The number of ether oxygens (including phenoxy) is 2. The second-order valence-electron chi connectivity index (χ2n) is 3.87. The van der Waals surface area contributed by atoms with Crippen LogP contribution in [0.4, 0.5) is 5.82 Å². The predicted molar refractivity (Wildman–Crippen MR) is 69.7 cm³/mol. The summed E-state index contributed by atoms with van der Waals surface area (Å²) in [6.07, 6.45) is 3.13. The van der Waals surface area contributed by atoms with Crippen molar-refractivity contribution in [3.63, 3.8) is 0 Å². The zero-order valence-corrected chi connectivity index (χ0v) is 10.6. The third kappa shape index (κ3) is 2.20. The van der Waals surface area contributed by atoms with Crippen LogP contribution in [0.3, 0.4) is 0 Å². The topological polar surface area (TPSA) is 70.3 Å². The van der Waals surface area contributed by atoms with Crippen LogP contribution in [0.5, 0.6) is 11.5 Å². The fraction of sp³-hybridized carbons (Fsp3) is 0.231. The van der Waals surface area contributed by atoms with Crippen LogP contribution in [0, 0.1) is 6.92 Å². The van der Waals surface area contributed by atoms with E-state index in [1.807, 2.05) is 19.1 Å². The molecule has 18 heavy (non-hydrogen) atoms. The third-order valence-electron chi connectivity index (χ3n) is 2.56. The minimum Gasteiger partial charge on any atom is -0.496 e. The lowest BCUT2D eigenvalue weighted by Crippen LogP contribution is -1.98. The van der Waals surface area contributed by atoms with Crippen molar-refractivity contribution in [1.29, 1.82) is 0 Å². The van der Waals surface area contributed by atoms with Crippen molar-refractivity contribution in [3.8, 4) is 22.8 Å². The Morgan fingerprint density at radius 3 is 2.17 bits per heavy atom. The summed E-state index contributed by atoms with van der Waals surface area (Å²) >= 11 is 0. The number of anilines is 1. The smallest absolute Gasteiger partial charge is 0.142 e. The molecule has 1 aromatic carbocycles. The number of methoxy groups -OCH3 is 2. The number of nitrogens with zero attached hydrogens (tertiary/aromatic N) is 2. The summed E-state index contributed by atoms with van der Waals surface area (Å²) in [7, 11) is 3.22. The predicted octanol–water partition coefficient (Wildman–Crippen LogP) is 2.05. The lowest BCUT2D eigenvalue weighted by molar-refractivity contribution is 0.396. The van der Waals surface area contributed by atoms with Crippen LogP contribution >= 0.6 is 0 Å². The first kappa shape index (κ1) is 12.2. The van der Waals surface area contributed by atoms with Gasteiger partial charge in [-0.25, -0.2) is 4.98 Å². The average molecular weight is 245 g/mol. The summed E-state index contributed by atoms with van der Waals surface area (Å²) in [6, 6.07) is 3.84. The van der Waals surface area contributed by atoms with Gasteiger partial charge in [0, 0.05) is 0 Å². The summed E-state index contributed by atoms with van der Waals surface area (Å²) in [4.78, 5) is 8.28. The van der Waals surface area contributed by atoms with E-state index in [-0.39, 0.29) is 0 Å². The highest BCUT2D eigenvalue weighted by atomic mass is 16.5. The van der Waals surface area contributed by atoms with Gasteiger partial charge in [-0.05, 0) is 24.6 Å². The number of rotatable bonds is 3. The summed E-state index contributed by atoms with van der Waals surface area (Å²) in [6.45, 7) is 1.97. The average Bonchev–Trinajstić information content (AvgIpc) is 2.37. The highest BCUT2D eigenvalue weighted by Crippen LogP contribution is 2.38. The van der Waals surface area contributed by atoms with Gasteiger partial charge in [0.25, 0.3) is 0 Å². The summed E-state index contributed by atoms with van der Waals surface area (Å²) in [5, 5.41) is 0. The first-order chi connectivity index (χ1) is 8.65. The molecule has 0 fully saturated rings. The largest absolute Gasteiger partial charge is 0.496 e. The Morgan fingerprint density at radius 2 is 1.67 bits per heavy atom. The van der Waals surface area contributed by atoms with Crippen LogP contribution in [0.25, 0.3) is 11.3 Å². The van der Waals surface area contributed by atoms with E-state index < -0.39 is 0 Å². The number of hydrogen-bond acceptors (Lipinski definition) is 5. The van der Waals surface area contributed by atoms with Gasteiger partial charge in [0.1, 0.15) is 17.3 Å². The Balaban J connectivity index is 2.68. The fourth-order valence-electron chi connectivity index (χ4n) is 1.80. The van der Waals surface area contributed by atoms with Crippen molar-refractivity contribution in [2.45, 2.75) is 6.92 Å². The van der Waals surface area contributed by atoms with Crippen LogP contribution in [-0.4, -0.2) is 24.2 Å². The van der Waals surface area contributed by atoms with Crippen molar-refractivity contribution >= 4 is 5.82 Å². The minimum absolute atomic E-state index is 0.359. The summed E-state index contributed by atoms with van der Waals surface area (Å²) < 4.78 is 10.7. The van der Waals surface area contributed by atoms with Gasteiger partial charge in [-0.2, -0.15) is 0 Å². The van der Waals surface area contributed by atoms with E-state index in [9.17, 15) is 0 Å². The lowest BCUT2D eigenvalue weighted by Gasteiger charge is -2.13. The molecule has 0 saturated carbocycles. The number of nitrogens with two attached hydrogens (primary N) is 1. The molecule has 0 aliphatic heterocycles. The normalized spacial score (nSPS) is 10.2. The van der Waals surface area contributed by atoms with Crippen molar-refractivity contribution < 1.29 is 9.47 Å². The van der Waals surface area contributed by atoms with Gasteiger partial charge < -0.3 is 15.2 Å². The molecule has 5 nitrogen and oxygen atoms in total. The van der Waals surface area contributed by atoms with E-state index in [2.05, 4.69) is 9.97 Å². The molecule has 5 heteroatoms. The zero-order valence-electron chi connectivity index (χ0n) is 10.6. The first-order valence-corrected chi connectivity index (χ1v) is 5.46. The molecule has 0 aliphatic carbocycles. The maximum absolute atomic E-state index is 5.65. The highest BCUT2D eigenvalue weighted by molar-refractivity contribution is 5.75. The molecule has 2 rings (SSSR count). The van der Waals surface area contributed by atoms with Crippen molar-refractivity contribution in [3.05, 3.63) is 30.1 Å². The molecule has 0 saturated heterocycles. The third-order valence-corrected chi connectivity index (χ3v) is 2.56. The molecule has 94 valence electrons. The van der Waals surface area contributed by atoms with E-state index in [0.717, 1.165) is 11.1 Å². The van der Waals surface area contributed by atoms with Gasteiger partial charge >= 0.3 is 0 Å². The van der Waals surface area contributed by atoms with Crippen LogP contribution in [0.1, 0.15) is 5.56 Å². The Kier molecular flexibility index (Phi) is 3.32. The van der Waals surface area contributed by atoms with Gasteiger partial charge in [-0.3, -0.25) is 4.98 Å². The van der Waals surface area contributed by atoms with Crippen LogP contribution in [0.2, 0.25) is 0 Å². The molecule has 0 bridgehead atoms. The maximum atomic E-state index is 5.65. The molecule has 2 N–H and O–H groups in total. The molecule has 1 heterocycles. The molecule has 0 aliphatic rings. The van der Waals surface area contributed by atoms with E-state index in [1.54, 1.807) is 20.4 Å². The van der Waals surface area contributed by atoms with Gasteiger partial charge in [0.15, 0.2) is 0 Å². The quantitative estimate of drug-likeness (QED) is 0.896. The Morgan fingerprint density at radius 1 is 1.06 bits per heavy atom. The summed E-state index contributed by atoms with van der Waals surface area (Å²) in [5.74, 6) is 1.73. The Bertz CT molecular complexity index is 545. The Hall–Kier alpha value is -2.30. The van der Waals surface area contributed by atoms with Gasteiger partial charge in [0.05, 0.1) is 37.9 Å². The van der Waals surface area contributed by atoms with Gasteiger partial charge in [-0.1, -0.05) is 0 Å². The van der Waals surface area contributed by atoms with Crippen molar-refractivity contribution in [2.24, 2.45) is 0 Å².